The van der Waals surface area contributed by atoms with Gasteiger partial charge < -0.3 is 10.2 Å². The molecule has 1 aromatic carbocycles. The van der Waals surface area contributed by atoms with Crippen molar-refractivity contribution in [2.45, 2.75) is 12.1 Å². The Balaban J connectivity index is 1.45. The molecule has 5 rings (SSSR count). The Morgan fingerprint density at radius 1 is 1.06 bits per heavy atom. The minimum Gasteiger partial charge on any atom is -0.312 e. The van der Waals surface area contributed by atoms with Gasteiger partial charge in [0.15, 0.2) is 11.3 Å². The number of carbonyl (C=O) groups is 1. The second-order valence-corrected chi connectivity index (χ2v) is 7.88. The van der Waals surface area contributed by atoms with Crippen LogP contribution in [0.5, 0.6) is 0 Å². The number of carbonyl (C=O) groups excluding carboxylic acids is 1. The highest BCUT2D eigenvalue weighted by Crippen LogP contribution is 2.35. The monoisotopic (exact) mass is 492 g/mol. The molecule has 0 radical (unpaired) electrons. The molecule has 0 bridgehead atoms. The van der Waals surface area contributed by atoms with Gasteiger partial charge >= 0.3 is 12.2 Å². The van der Waals surface area contributed by atoms with Crippen molar-refractivity contribution >= 4 is 17.4 Å². The number of aromatic nitrogens is 4. The highest BCUT2D eigenvalue weighted by atomic mass is 19.4. The number of halogens is 6. The van der Waals surface area contributed by atoms with E-state index in [0.29, 0.717) is 16.9 Å². The largest absolute Gasteiger partial charge is 0.434 e. The average molecular weight is 492 g/mol. The van der Waals surface area contributed by atoms with Crippen LogP contribution in [-0.2, 0) is 6.18 Å². The molecule has 0 atom stereocenters. The van der Waals surface area contributed by atoms with E-state index in [9.17, 15) is 31.1 Å². The van der Waals surface area contributed by atoms with Gasteiger partial charge in [-0.2, -0.15) is 18.3 Å². The van der Waals surface area contributed by atoms with Gasteiger partial charge in [-0.3, -0.25) is 4.98 Å². The summed E-state index contributed by atoms with van der Waals surface area (Å²) in [5, 5.41) is 6.46. The van der Waals surface area contributed by atoms with Gasteiger partial charge in [0.2, 0.25) is 0 Å². The molecule has 1 fully saturated rings. The second-order valence-electron chi connectivity index (χ2n) is 7.88. The highest BCUT2D eigenvalue weighted by molar-refractivity contribution is 5.91. The van der Waals surface area contributed by atoms with E-state index in [-0.39, 0.29) is 16.9 Å². The maximum atomic E-state index is 14.2. The number of rotatable bonds is 3. The van der Waals surface area contributed by atoms with Crippen molar-refractivity contribution < 1.29 is 31.1 Å². The summed E-state index contributed by atoms with van der Waals surface area (Å²) < 4.78 is 81.5. The first-order chi connectivity index (χ1) is 16.5. The van der Waals surface area contributed by atoms with Gasteiger partial charge in [-0.25, -0.2) is 27.5 Å². The molecule has 0 aliphatic carbocycles. The molecule has 4 heterocycles. The second kappa shape index (κ2) is 7.96. The van der Waals surface area contributed by atoms with Crippen LogP contribution in [0.4, 0.5) is 36.8 Å². The summed E-state index contributed by atoms with van der Waals surface area (Å²) in [4.78, 5) is 20.7. The topological polar surface area (TPSA) is 75.4 Å². The van der Waals surface area contributed by atoms with E-state index >= 15 is 0 Å². The fourth-order valence-corrected chi connectivity index (χ4v) is 3.63. The van der Waals surface area contributed by atoms with Gasteiger partial charge in [0, 0.05) is 17.3 Å². The first-order valence-corrected chi connectivity index (χ1v) is 10.1. The van der Waals surface area contributed by atoms with Crippen LogP contribution in [0.3, 0.4) is 0 Å². The molecule has 0 unspecified atom stereocenters. The number of anilines is 1. The third kappa shape index (κ3) is 4.36. The Morgan fingerprint density at radius 2 is 1.83 bits per heavy atom. The molecule has 35 heavy (non-hydrogen) atoms. The van der Waals surface area contributed by atoms with E-state index < -0.39 is 42.7 Å². The molecule has 0 spiro atoms. The predicted molar refractivity (Wildman–Crippen MR) is 112 cm³/mol. The van der Waals surface area contributed by atoms with Crippen molar-refractivity contribution in [3.8, 4) is 22.5 Å². The number of hydrogen-bond acceptors (Lipinski definition) is 4. The number of hydrogen-bond donors (Lipinski definition) is 1. The molecule has 1 saturated heterocycles. The van der Waals surface area contributed by atoms with Gasteiger partial charge in [0.25, 0.3) is 5.92 Å². The number of amides is 2. The summed E-state index contributed by atoms with van der Waals surface area (Å²) in [6.07, 6.45) is -2.20. The summed E-state index contributed by atoms with van der Waals surface area (Å²) >= 11 is 0. The van der Waals surface area contributed by atoms with Crippen LogP contribution in [0.1, 0.15) is 5.69 Å². The molecule has 180 valence electrons. The standard InChI is InChI=1S/C22H14F6N6O/c23-14-4-3-12(8-16(14)31-20(35)33-10-21(24,25)11-33)17-9-34-18(30-17)6-5-15(32-34)13-2-1-7-29-19(13)22(26,27)28/h1-9H,10-11H2,(H,31,35). The van der Waals surface area contributed by atoms with Gasteiger partial charge in [-0.1, -0.05) is 0 Å². The van der Waals surface area contributed by atoms with Crippen molar-refractivity contribution in [3.63, 3.8) is 0 Å². The molecule has 7 nitrogen and oxygen atoms in total. The van der Waals surface area contributed by atoms with Crippen LogP contribution in [-0.4, -0.2) is 49.5 Å². The summed E-state index contributed by atoms with van der Waals surface area (Å²) in [5.41, 5.74) is -0.549. The number of nitrogens with one attached hydrogen (secondary N) is 1. The van der Waals surface area contributed by atoms with Crippen LogP contribution in [0.25, 0.3) is 28.2 Å². The predicted octanol–water partition coefficient (Wildman–Crippen LogP) is 5.10. The number of likely N-dealkylation sites (tertiary alicyclic amines) is 1. The van der Waals surface area contributed by atoms with Crippen LogP contribution in [0, 0.1) is 5.82 Å². The Labute approximate surface area is 193 Å². The Morgan fingerprint density at radius 3 is 2.54 bits per heavy atom. The molecule has 1 aliphatic heterocycles. The number of fused-ring (bicyclic) bond motifs is 1. The van der Waals surface area contributed by atoms with E-state index in [0.717, 1.165) is 17.2 Å². The minimum absolute atomic E-state index is 0.0142. The van der Waals surface area contributed by atoms with E-state index in [2.05, 4.69) is 20.4 Å². The summed E-state index contributed by atoms with van der Waals surface area (Å²) in [6.45, 7) is -1.51. The molecule has 3 aromatic heterocycles. The zero-order valence-corrected chi connectivity index (χ0v) is 17.5. The third-order valence-corrected chi connectivity index (χ3v) is 5.31. The molecule has 0 saturated carbocycles. The SMILES string of the molecule is O=C(Nc1cc(-c2cn3nc(-c4cccnc4C(F)(F)F)ccc3n2)ccc1F)N1CC(F)(F)C1. The normalized spacial score (nSPS) is 15.2. The van der Waals surface area contributed by atoms with Gasteiger partial charge in [0.05, 0.1) is 36.4 Å². The fourth-order valence-electron chi connectivity index (χ4n) is 3.63. The third-order valence-electron chi connectivity index (χ3n) is 5.31. The summed E-state index contributed by atoms with van der Waals surface area (Å²) in [5.74, 6) is -3.74. The zero-order chi connectivity index (χ0) is 25.0. The fraction of sp³-hybridized carbons (Fsp3) is 0.182. The maximum Gasteiger partial charge on any atom is 0.434 e. The lowest BCUT2D eigenvalue weighted by Crippen LogP contribution is -2.59. The van der Waals surface area contributed by atoms with Crippen LogP contribution < -0.4 is 5.32 Å². The van der Waals surface area contributed by atoms with E-state index in [1.165, 1.54) is 47.1 Å². The lowest BCUT2D eigenvalue weighted by atomic mass is 10.1. The number of imidazole rings is 1. The Hall–Kier alpha value is -4.16. The average Bonchev–Trinajstić information content (AvgIpc) is 3.21. The number of nitrogens with zero attached hydrogens (tertiary/aromatic N) is 5. The van der Waals surface area contributed by atoms with Gasteiger partial charge in [-0.05, 0) is 42.5 Å². The molecule has 13 heteroatoms. The van der Waals surface area contributed by atoms with Crippen LogP contribution in [0.2, 0.25) is 0 Å². The van der Waals surface area contributed by atoms with Crippen molar-refractivity contribution in [3.05, 3.63) is 66.4 Å². The first kappa shape index (κ1) is 22.6. The maximum absolute atomic E-state index is 14.2. The summed E-state index contributed by atoms with van der Waals surface area (Å²) in [7, 11) is 0. The molecule has 1 aliphatic rings. The number of urea groups is 1. The van der Waals surface area contributed by atoms with E-state index in [1.54, 1.807) is 0 Å². The van der Waals surface area contributed by atoms with Gasteiger partial charge in [0.1, 0.15) is 5.82 Å². The van der Waals surface area contributed by atoms with Crippen LogP contribution in [0.15, 0.2) is 54.9 Å². The quantitative estimate of drug-likeness (QED) is 0.404. The molecule has 4 aromatic rings. The summed E-state index contributed by atoms with van der Waals surface area (Å²) in [6, 6.07) is 8.32. The van der Waals surface area contributed by atoms with Crippen molar-refractivity contribution in [2.24, 2.45) is 0 Å². The van der Waals surface area contributed by atoms with E-state index in [4.69, 9.17) is 0 Å². The van der Waals surface area contributed by atoms with Crippen molar-refractivity contribution in [1.29, 1.82) is 0 Å². The molecular weight excluding hydrogens is 478 g/mol. The number of benzene rings is 1. The lowest BCUT2D eigenvalue weighted by Gasteiger charge is -2.38. The molecule has 1 N–H and O–H groups in total. The smallest absolute Gasteiger partial charge is 0.312 e. The molecular formula is C22H14F6N6O. The number of alkyl halides is 5. The lowest BCUT2D eigenvalue weighted by molar-refractivity contribution is -0.140. The van der Waals surface area contributed by atoms with E-state index in [1.807, 2.05) is 0 Å². The van der Waals surface area contributed by atoms with Gasteiger partial charge in [-0.15, -0.1) is 0 Å². The first-order valence-electron chi connectivity index (χ1n) is 10.1. The Kier molecular flexibility index (Phi) is 5.15. The molecule has 2 amide bonds. The minimum atomic E-state index is -4.67. The van der Waals surface area contributed by atoms with Crippen molar-refractivity contribution in [1.82, 2.24) is 24.5 Å². The zero-order valence-electron chi connectivity index (χ0n) is 17.5. The van der Waals surface area contributed by atoms with Crippen LogP contribution >= 0.6 is 0 Å². The number of pyridine rings is 1. The highest BCUT2D eigenvalue weighted by Gasteiger charge is 2.46. The van der Waals surface area contributed by atoms with Crippen molar-refractivity contribution in [2.75, 3.05) is 18.4 Å². The Bertz CT molecular complexity index is 1440.